The fourth-order valence-electron chi connectivity index (χ4n) is 2.55. The number of ether oxygens (including phenoxy) is 1. The Balaban J connectivity index is 1.72. The summed E-state index contributed by atoms with van der Waals surface area (Å²) in [5, 5.41) is 2.92. The first-order valence-corrected chi connectivity index (χ1v) is 8.50. The molecule has 0 unspecified atom stereocenters. The quantitative estimate of drug-likeness (QED) is 0.778. The maximum atomic E-state index is 11.9. The molecule has 0 aliphatic heterocycles. The summed E-state index contributed by atoms with van der Waals surface area (Å²) in [7, 11) is 0. The number of nitrogens with one attached hydrogen (secondary N) is 1. The molecule has 2 aromatic carbocycles. The van der Waals surface area contributed by atoms with Crippen molar-refractivity contribution in [2.75, 3.05) is 13.2 Å². The largest absolute Gasteiger partial charge is 0.491 e. The molecule has 3 heteroatoms. The molecule has 0 saturated carbocycles. The highest BCUT2D eigenvalue weighted by atomic mass is 16.5. The van der Waals surface area contributed by atoms with Crippen LogP contribution in [0, 0.1) is 0 Å². The first-order chi connectivity index (χ1) is 11.5. The van der Waals surface area contributed by atoms with Crippen molar-refractivity contribution in [3.63, 3.8) is 0 Å². The summed E-state index contributed by atoms with van der Waals surface area (Å²) in [4.78, 5) is 11.9. The van der Waals surface area contributed by atoms with Crippen LogP contribution in [0.3, 0.4) is 0 Å². The lowest BCUT2D eigenvalue weighted by molar-refractivity contribution is -0.121. The third-order valence-corrected chi connectivity index (χ3v) is 3.86. The number of aryl methyl sites for hydroxylation is 1. The molecule has 2 rings (SSSR count). The fourth-order valence-corrected chi connectivity index (χ4v) is 2.55. The Bertz CT molecular complexity index is 644. The number of amides is 1. The van der Waals surface area contributed by atoms with Crippen LogP contribution in [0.15, 0.2) is 54.6 Å². The van der Waals surface area contributed by atoms with Crippen molar-refractivity contribution < 1.29 is 9.53 Å². The van der Waals surface area contributed by atoms with E-state index in [1.165, 1.54) is 11.1 Å². The number of carbonyl (C=O) groups is 1. The van der Waals surface area contributed by atoms with E-state index in [0.717, 1.165) is 12.2 Å². The zero-order valence-electron chi connectivity index (χ0n) is 14.8. The van der Waals surface area contributed by atoms with Gasteiger partial charge in [0.2, 0.25) is 5.91 Å². The van der Waals surface area contributed by atoms with Gasteiger partial charge in [0.25, 0.3) is 0 Å². The Hall–Kier alpha value is -2.29. The van der Waals surface area contributed by atoms with Crippen LogP contribution in [0.5, 0.6) is 5.75 Å². The molecule has 3 nitrogen and oxygen atoms in total. The van der Waals surface area contributed by atoms with E-state index in [0.29, 0.717) is 19.6 Å². The molecule has 24 heavy (non-hydrogen) atoms. The molecule has 0 heterocycles. The van der Waals surface area contributed by atoms with Crippen molar-refractivity contribution in [2.24, 2.45) is 0 Å². The molecule has 0 fully saturated rings. The van der Waals surface area contributed by atoms with E-state index < -0.39 is 0 Å². The van der Waals surface area contributed by atoms with Crippen LogP contribution < -0.4 is 10.1 Å². The monoisotopic (exact) mass is 325 g/mol. The van der Waals surface area contributed by atoms with Crippen LogP contribution in [-0.4, -0.2) is 19.1 Å². The minimum atomic E-state index is 0.0372. The maximum absolute atomic E-state index is 11.9. The second-order valence-electron chi connectivity index (χ2n) is 6.93. The second kappa shape index (κ2) is 8.53. The smallest absolute Gasteiger partial charge is 0.220 e. The van der Waals surface area contributed by atoms with Gasteiger partial charge in [0.15, 0.2) is 0 Å². The molecule has 128 valence electrons. The van der Waals surface area contributed by atoms with Gasteiger partial charge in [-0.2, -0.15) is 0 Å². The molecule has 2 aromatic rings. The summed E-state index contributed by atoms with van der Waals surface area (Å²) in [5.74, 6) is 0.954. The number of carbonyl (C=O) groups excluding carboxylic acids is 1. The van der Waals surface area contributed by atoms with E-state index in [1.54, 1.807) is 0 Å². The van der Waals surface area contributed by atoms with E-state index in [4.69, 9.17) is 4.74 Å². The average molecular weight is 325 g/mol. The van der Waals surface area contributed by atoms with Gasteiger partial charge < -0.3 is 10.1 Å². The molecular weight excluding hydrogens is 298 g/mol. The van der Waals surface area contributed by atoms with E-state index >= 15 is 0 Å². The first-order valence-electron chi connectivity index (χ1n) is 8.50. The molecule has 0 saturated heterocycles. The lowest BCUT2D eigenvalue weighted by Gasteiger charge is -2.22. The number of para-hydroxylation sites is 1. The number of hydrogen-bond acceptors (Lipinski definition) is 2. The molecule has 0 radical (unpaired) electrons. The normalized spacial score (nSPS) is 11.1. The lowest BCUT2D eigenvalue weighted by Crippen LogP contribution is -2.28. The Labute approximate surface area is 145 Å². The molecule has 1 amide bonds. The predicted molar refractivity (Wildman–Crippen MR) is 98.4 cm³/mol. The van der Waals surface area contributed by atoms with Gasteiger partial charge in [0, 0.05) is 6.42 Å². The van der Waals surface area contributed by atoms with Crippen molar-refractivity contribution in [1.29, 1.82) is 0 Å². The molecule has 0 aliphatic rings. The van der Waals surface area contributed by atoms with E-state index in [2.05, 4.69) is 32.2 Å². The van der Waals surface area contributed by atoms with Gasteiger partial charge in [-0.05, 0) is 29.0 Å². The fraction of sp³-hybridized carbons (Fsp3) is 0.381. The van der Waals surface area contributed by atoms with Crippen LogP contribution in [0.4, 0.5) is 0 Å². The molecular formula is C21H27NO2. The molecule has 0 aromatic heterocycles. The van der Waals surface area contributed by atoms with Gasteiger partial charge in [-0.15, -0.1) is 0 Å². The maximum Gasteiger partial charge on any atom is 0.220 e. The predicted octanol–water partition coefficient (Wildman–Crippen LogP) is 4.11. The van der Waals surface area contributed by atoms with Crippen molar-refractivity contribution in [3.05, 3.63) is 65.7 Å². The van der Waals surface area contributed by atoms with Gasteiger partial charge in [0.1, 0.15) is 12.4 Å². The summed E-state index contributed by atoms with van der Waals surface area (Å²) in [6.07, 6.45) is 1.27. The van der Waals surface area contributed by atoms with Gasteiger partial charge in [-0.3, -0.25) is 4.79 Å². The molecule has 0 atom stereocenters. The Kier molecular flexibility index (Phi) is 6.42. The highest BCUT2D eigenvalue weighted by Crippen LogP contribution is 2.30. The Morgan fingerprint density at radius 1 is 1.00 bits per heavy atom. The molecule has 0 spiro atoms. The number of benzene rings is 2. The topological polar surface area (TPSA) is 38.3 Å². The standard InChI is InChI=1S/C21H27NO2/c1-21(2,3)18-11-7-8-12-19(18)24-16-15-22-20(23)14-13-17-9-5-4-6-10-17/h4-12H,13-16H2,1-3H3,(H,22,23). The van der Waals surface area contributed by atoms with Crippen LogP contribution in [0.1, 0.15) is 38.3 Å². The lowest BCUT2D eigenvalue weighted by atomic mass is 9.86. The summed E-state index contributed by atoms with van der Waals surface area (Å²) in [6.45, 7) is 7.50. The summed E-state index contributed by atoms with van der Waals surface area (Å²) in [6, 6.07) is 18.1. The van der Waals surface area contributed by atoms with Gasteiger partial charge in [0.05, 0.1) is 6.54 Å². The van der Waals surface area contributed by atoms with Crippen LogP contribution in [-0.2, 0) is 16.6 Å². The van der Waals surface area contributed by atoms with Crippen LogP contribution in [0.25, 0.3) is 0 Å². The average Bonchev–Trinajstić information content (AvgIpc) is 2.57. The van der Waals surface area contributed by atoms with Crippen LogP contribution in [0.2, 0.25) is 0 Å². The first kappa shape index (κ1) is 18.1. The number of hydrogen-bond donors (Lipinski definition) is 1. The van der Waals surface area contributed by atoms with Crippen LogP contribution >= 0.6 is 0 Å². The zero-order valence-corrected chi connectivity index (χ0v) is 14.8. The van der Waals surface area contributed by atoms with E-state index in [9.17, 15) is 4.79 Å². The second-order valence-corrected chi connectivity index (χ2v) is 6.93. The van der Waals surface area contributed by atoms with Gasteiger partial charge in [-0.25, -0.2) is 0 Å². The third-order valence-electron chi connectivity index (χ3n) is 3.86. The summed E-state index contributed by atoms with van der Waals surface area (Å²) < 4.78 is 5.86. The van der Waals surface area contributed by atoms with E-state index in [-0.39, 0.29) is 11.3 Å². The number of rotatable bonds is 7. The van der Waals surface area contributed by atoms with Crippen molar-refractivity contribution in [2.45, 2.75) is 39.0 Å². The third kappa shape index (κ3) is 5.73. The van der Waals surface area contributed by atoms with Crippen molar-refractivity contribution >= 4 is 5.91 Å². The molecule has 0 bridgehead atoms. The molecule has 0 aliphatic carbocycles. The van der Waals surface area contributed by atoms with Gasteiger partial charge >= 0.3 is 0 Å². The van der Waals surface area contributed by atoms with Crippen molar-refractivity contribution in [3.8, 4) is 5.75 Å². The Morgan fingerprint density at radius 2 is 1.67 bits per heavy atom. The highest BCUT2D eigenvalue weighted by Gasteiger charge is 2.18. The summed E-state index contributed by atoms with van der Waals surface area (Å²) in [5.41, 5.74) is 2.40. The highest BCUT2D eigenvalue weighted by molar-refractivity contribution is 5.76. The minimum Gasteiger partial charge on any atom is -0.491 e. The Morgan fingerprint density at radius 3 is 2.38 bits per heavy atom. The van der Waals surface area contributed by atoms with Crippen molar-refractivity contribution in [1.82, 2.24) is 5.32 Å². The molecule has 1 N–H and O–H groups in total. The zero-order chi connectivity index (χ0) is 17.4. The van der Waals surface area contributed by atoms with Gasteiger partial charge in [-0.1, -0.05) is 69.3 Å². The SMILES string of the molecule is CC(C)(C)c1ccccc1OCCNC(=O)CCc1ccccc1. The minimum absolute atomic E-state index is 0.0372. The van der Waals surface area contributed by atoms with E-state index in [1.807, 2.05) is 48.5 Å². The summed E-state index contributed by atoms with van der Waals surface area (Å²) >= 11 is 0.